The third-order valence-electron chi connectivity index (χ3n) is 3.07. The molecule has 14 heavy (non-hydrogen) atoms. The van der Waals surface area contributed by atoms with Gasteiger partial charge in [0.1, 0.15) is 5.41 Å². The normalized spacial score (nSPS) is 25.1. The molecule has 0 spiro atoms. The second-order valence-electron chi connectivity index (χ2n) is 4.19. The van der Waals surface area contributed by atoms with Crippen molar-refractivity contribution in [2.24, 2.45) is 5.41 Å². The molecule has 1 heterocycles. The Balaban J connectivity index is 1.85. The third-order valence-corrected chi connectivity index (χ3v) is 3.07. The lowest BCUT2D eigenvalue weighted by molar-refractivity contribution is -0.125. The first-order chi connectivity index (χ1) is 6.77. The number of carbonyl (C=O) groups is 1. The molecule has 76 valence electrons. The quantitative estimate of drug-likeness (QED) is 0.656. The zero-order valence-electron chi connectivity index (χ0n) is 8.18. The first-order valence-electron chi connectivity index (χ1n) is 5.20. The Bertz CT molecular complexity index is 272. The van der Waals surface area contributed by atoms with Crippen LogP contribution in [0.25, 0.3) is 0 Å². The highest BCUT2D eigenvalue weighted by atomic mass is 16.2. The molecule has 0 radical (unpaired) electrons. The highest BCUT2D eigenvalue weighted by Gasteiger charge is 2.51. The first-order valence-corrected chi connectivity index (χ1v) is 5.20. The fraction of sp³-hybridized carbons (Fsp3) is 0.800. The molecule has 2 fully saturated rings. The van der Waals surface area contributed by atoms with E-state index < -0.39 is 5.41 Å². The van der Waals surface area contributed by atoms with E-state index in [-0.39, 0.29) is 11.9 Å². The van der Waals surface area contributed by atoms with Crippen molar-refractivity contribution in [1.29, 1.82) is 5.26 Å². The molecule has 0 aromatic carbocycles. The Morgan fingerprint density at radius 1 is 1.43 bits per heavy atom. The van der Waals surface area contributed by atoms with E-state index in [2.05, 4.69) is 16.7 Å². The molecule has 0 unspecified atom stereocenters. The summed E-state index contributed by atoms with van der Waals surface area (Å²) in [6.45, 7) is 1.93. The van der Waals surface area contributed by atoms with Crippen LogP contribution in [0.5, 0.6) is 0 Å². The van der Waals surface area contributed by atoms with Crippen molar-refractivity contribution >= 4 is 5.91 Å². The Morgan fingerprint density at radius 3 is 2.57 bits per heavy atom. The van der Waals surface area contributed by atoms with Gasteiger partial charge in [-0.05, 0) is 38.8 Å². The van der Waals surface area contributed by atoms with Crippen LogP contribution in [-0.4, -0.2) is 25.0 Å². The highest BCUT2D eigenvalue weighted by Crippen LogP contribution is 2.45. The molecule has 0 aromatic rings. The largest absolute Gasteiger partial charge is 0.352 e. The number of piperidine rings is 1. The van der Waals surface area contributed by atoms with Crippen molar-refractivity contribution in [3.05, 3.63) is 0 Å². The predicted octanol–water partition coefficient (Wildman–Crippen LogP) is 0.158. The number of nitrogens with zero attached hydrogens (tertiary/aromatic N) is 1. The van der Waals surface area contributed by atoms with E-state index in [4.69, 9.17) is 5.26 Å². The number of nitrogens with one attached hydrogen (secondary N) is 2. The van der Waals surface area contributed by atoms with Crippen molar-refractivity contribution in [2.45, 2.75) is 31.7 Å². The molecule has 0 bridgehead atoms. The first kappa shape index (κ1) is 9.47. The molecule has 0 aromatic heterocycles. The van der Waals surface area contributed by atoms with Gasteiger partial charge in [-0.15, -0.1) is 0 Å². The summed E-state index contributed by atoms with van der Waals surface area (Å²) in [4.78, 5) is 11.7. The molecule has 0 atom stereocenters. The topological polar surface area (TPSA) is 64.9 Å². The van der Waals surface area contributed by atoms with Gasteiger partial charge in [-0.3, -0.25) is 4.79 Å². The maximum atomic E-state index is 11.7. The molecule has 1 saturated heterocycles. The van der Waals surface area contributed by atoms with E-state index in [1.807, 2.05) is 0 Å². The number of amides is 1. The molecule has 2 rings (SSSR count). The summed E-state index contributed by atoms with van der Waals surface area (Å²) >= 11 is 0. The van der Waals surface area contributed by atoms with E-state index in [0.29, 0.717) is 0 Å². The smallest absolute Gasteiger partial charge is 0.240 e. The van der Waals surface area contributed by atoms with Gasteiger partial charge >= 0.3 is 0 Å². The van der Waals surface area contributed by atoms with Gasteiger partial charge in [-0.2, -0.15) is 5.26 Å². The maximum Gasteiger partial charge on any atom is 0.240 e. The minimum absolute atomic E-state index is 0.0492. The van der Waals surface area contributed by atoms with Crippen molar-refractivity contribution in [3.8, 4) is 6.07 Å². The Kier molecular flexibility index (Phi) is 2.42. The van der Waals surface area contributed by atoms with Crippen LogP contribution in [0.15, 0.2) is 0 Å². The SMILES string of the molecule is N#CC1(C(=O)NC2CCNCC2)CC1. The monoisotopic (exact) mass is 193 g/mol. The van der Waals surface area contributed by atoms with Crippen LogP contribution in [0.2, 0.25) is 0 Å². The van der Waals surface area contributed by atoms with Crippen LogP contribution in [-0.2, 0) is 4.79 Å². The minimum Gasteiger partial charge on any atom is -0.352 e. The summed E-state index contributed by atoms with van der Waals surface area (Å²) in [6, 6.07) is 2.39. The molecular formula is C10H15N3O. The minimum atomic E-state index is -0.662. The molecule has 1 aliphatic heterocycles. The molecule has 2 N–H and O–H groups in total. The maximum absolute atomic E-state index is 11.7. The van der Waals surface area contributed by atoms with Crippen molar-refractivity contribution in [2.75, 3.05) is 13.1 Å². The van der Waals surface area contributed by atoms with Gasteiger partial charge in [-0.1, -0.05) is 0 Å². The fourth-order valence-corrected chi connectivity index (χ4v) is 1.80. The number of hydrogen-bond acceptors (Lipinski definition) is 3. The van der Waals surface area contributed by atoms with Crippen LogP contribution in [0, 0.1) is 16.7 Å². The lowest BCUT2D eigenvalue weighted by Crippen LogP contribution is -2.45. The predicted molar refractivity (Wildman–Crippen MR) is 51.3 cm³/mol. The van der Waals surface area contributed by atoms with Crippen molar-refractivity contribution in [3.63, 3.8) is 0 Å². The molecule has 1 amide bonds. The number of rotatable bonds is 2. The molecular weight excluding hydrogens is 178 g/mol. The zero-order chi connectivity index (χ0) is 10.0. The number of carbonyl (C=O) groups excluding carboxylic acids is 1. The van der Waals surface area contributed by atoms with Crippen LogP contribution in [0.3, 0.4) is 0 Å². The van der Waals surface area contributed by atoms with Gasteiger partial charge in [0.2, 0.25) is 5.91 Å². The summed E-state index contributed by atoms with van der Waals surface area (Å²) in [5.41, 5.74) is -0.662. The average Bonchev–Trinajstić information content (AvgIpc) is 3.00. The molecule has 4 nitrogen and oxygen atoms in total. The highest BCUT2D eigenvalue weighted by molar-refractivity contribution is 5.88. The standard InChI is InChI=1S/C10H15N3O/c11-7-10(3-4-10)9(14)13-8-1-5-12-6-2-8/h8,12H,1-6H2,(H,13,14). The zero-order valence-corrected chi connectivity index (χ0v) is 8.18. The molecule has 2 aliphatic rings. The number of hydrogen-bond donors (Lipinski definition) is 2. The average molecular weight is 193 g/mol. The second kappa shape index (κ2) is 3.58. The van der Waals surface area contributed by atoms with Crippen LogP contribution in [0.1, 0.15) is 25.7 Å². The van der Waals surface area contributed by atoms with Crippen LogP contribution in [0.4, 0.5) is 0 Å². The molecule has 1 saturated carbocycles. The van der Waals surface area contributed by atoms with E-state index >= 15 is 0 Å². The molecule has 4 heteroatoms. The van der Waals surface area contributed by atoms with Gasteiger partial charge in [0.25, 0.3) is 0 Å². The van der Waals surface area contributed by atoms with Gasteiger partial charge in [0, 0.05) is 6.04 Å². The molecule has 1 aliphatic carbocycles. The summed E-state index contributed by atoms with van der Waals surface area (Å²) in [5.74, 6) is -0.0492. The summed E-state index contributed by atoms with van der Waals surface area (Å²) in [6.07, 6.45) is 3.43. The van der Waals surface area contributed by atoms with Gasteiger partial charge in [-0.25, -0.2) is 0 Å². The van der Waals surface area contributed by atoms with E-state index in [1.54, 1.807) is 0 Å². The fourth-order valence-electron chi connectivity index (χ4n) is 1.80. The van der Waals surface area contributed by atoms with Crippen molar-refractivity contribution < 1.29 is 4.79 Å². The lowest BCUT2D eigenvalue weighted by atomic mass is 10.0. The van der Waals surface area contributed by atoms with E-state index in [9.17, 15) is 4.79 Å². The number of nitriles is 1. The van der Waals surface area contributed by atoms with Crippen LogP contribution >= 0.6 is 0 Å². The summed E-state index contributed by atoms with van der Waals surface area (Å²) < 4.78 is 0. The van der Waals surface area contributed by atoms with Gasteiger partial charge in [0.05, 0.1) is 6.07 Å². The Morgan fingerprint density at radius 2 is 2.07 bits per heavy atom. The third kappa shape index (κ3) is 1.73. The van der Waals surface area contributed by atoms with Crippen molar-refractivity contribution in [1.82, 2.24) is 10.6 Å². The van der Waals surface area contributed by atoms with E-state index in [0.717, 1.165) is 38.8 Å². The summed E-state index contributed by atoms with van der Waals surface area (Å²) in [5, 5.41) is 15.0. The summed E-state index contributed by atoms with van der Waals surface area (Å²) in [7, 11) is 0. The second-order valence-corrected chi connectivity index (χ2v) is 4.19. The Hall–Kier alpha value is -1.08. The van der Waals surface area contributed by atoms with Crippen LogP contribution < -0.4 is 10.6 Å². The lowest BCUT2D eigenvalue weighted by Gasteiger charge is -2.24. The Labute approximate surface area is 83.7 Å². The van der Waals surface area contributed by atoms with Gasteiger partial charge in [0.15, 0.2) is 0 Å². The van der Waals surface area contributed by atoms with E-state index in [1.165, 1.54) is 0 Å². The van der Waals surface area contributed by atoms with Gasteiger partial charge < -0.3 is 10.6 Å².